The number of carbonyl (C=O) groups is 1. The molecule has 2 heterocycles. The number of nitrogens with one attached hydrogen (secondary N) is 1. The van der Waals surface area contributed by atoms with E-state index in [2.05, 4.69) is 15.3 Å². The zero-order chi connectivity index (χ0) is 22.5. The third-order valence-corrected chi connectivity index (χ3v) is 5.19. The average Bonchev–Trinajstić information content (AvgIpc) is 3.26. The van der Waals surface area contributed by atoms with Gasteiger partial charge in [-0.05, 0) is 42.3 Å². The minimum atomic E-state index is -0.267. The molecule has 0 aliphatic heterocycles. The van der Waals surface area contributed by atoms with Crippen LogP contribution in [0, 0.1) is 0 Å². The van der Waals surface area contributed by atoms with Crippen molar-refractivity contribution in [3.63, 3.8) is 0 Å². The molecule has 8 heteroatoms. The van der Waals surface area contributed by atoms with E-state index in [-0.39, 0.29) is 5.91 Å². The van der Waals surface area contributed by atoms with E-state index in [4.69, 9.17) is 21.1 Å². The van der Waals surface area contributed by atoms with Crippen molar-refractivity contribution in [1.29, 1.82) is 0 Å². The molecule has 0 bridgehead atoms. The van der Waals surface area contributed by atoms with Crippen LogP contribution in [0.5, 0.6) is 11.5 Å². The van der Waals surface area contributed by atoms with Crippen molar-refractivity contribution in [3.8, 4) is 17.3 Å². The second-order valence-corrected chi connectivity index (χ2v) is 7.56. The molecule has 0 saturated heterocycles. The summed E-state index contributed by atoms with van der Waals surface area (Å²) in [6.45, 7) is 2.84. The Bertz CT molecular complexity index is 1240. The maximum Gasteiger partial charge on any atom is 0.251 e. The van der Waals surface area contributed by atoms with Crippen molar-refractivity contribution in [2.45, 2.75) is 19.9 Å². The summed E-state index contributed by atoms with van der Waals surface area (Å²) in [6, 6.07) is 14.9. The number of hydrogen-bond donors (Lipinski definition) is 1. The summed E-state index contributed by atoms with van der Waals surface area (Å²) < 4.78 is 12.9. The highest BCUT2D eigenvalue weighted by molar-refractivity contribution is 6.32. The number of amides is 1. The van der Waals surface area contributed by atoms with Gasteiger partial charge in [0.1, 0.15) is 12.1 Å². The van der Waals surface area contributed by atoms with Gasteiger partial charge in [0.15, 0.2) is 11.5 Å². The number of nitrogens with zero attached hydrogens (tertiary/aromatic N) is 3. The molecule has 2 aromatic heterocycles. The number of halogens is 1. The maximum atomic E-state index is 12.7. The van der Waals surface area contributed by atoms with Crippen LogP contribution in [0.2, 0.25) is 5.02 Å². The lowest BCUT2D eigenvalue weighted by molar-refractivity contribution is 0.0950. The molecule has 0 fully saturated rings. The molecule has 0 radical (unpaired) electrons. The number of imidazole rings is 1. The van der Waals surface area contributed by atoms with E-state index >= 15 is 0 Å². The molecule has 0 aliphatic carbocycles. The van der Waals surface area contributed by atoms with Gasteiger partial charge in [-0.15, -0.1) is 0 Å². The fraction of sp³-hybridized carbons (Fsp3) is 0.208. The highest BCUT2D eigenvalue weighted by atomic mass is 35.5. The number of ether oxygens (including phenoxy) is 2. The lowest BCUT2D eigenvalue weighted by Gasteiger charge is -2.14. The van der Waals surface area contributed by atoms with Crippen molar-refractivity contribution in [3.05, 3.63) is 77.2 Å². The van der Waals surface area contributed by atoms with Crippen LogP contribution in [0.15, 0.2) is 61.1 Å². The third-order valence-electron chi connectivity index (χ3n) is 4.90. The highest BCUT2D eigenvalue weighted by Gasteiger charge is 2.16. The van der Waals surface area contributed by atoms with E-state index in [0.717, 1.165) is 28.8 Å². The second-order valence-electron chi connectivity index (χ2n) is 7.15. The van der Waals surface area contributed by atoms with Gasteiger partial charge in [0, 0.05) is 18.3 Å². The van der Waals surface area contributed by atoms with Crippen LogP contribution in [0.25, 0.3) is 16.9 Å². The van der Waals surface area contributed by atoms with Gasteiger partial charge in [-0.25, -0.2) is 9.97 Å². The first-order valence-electron chi connectivity index (χ1n) is 10.3. The van der Waals surface area contributed by atoms with Gasteiger partial charge < -0.3 is 14.8 Å². The topological polar surface area (TPSA) is 78.3 Å². The fourth-order valence-corrected chi connectivity index (χ4v) is 3.55. The Morgan fingerprint density at radius 2 is 2.00 bits per heavy atom. The van der Waals surface area contributed by atoms with E-state index in [1.807, 2.05) is 47.9 Å². The number of para-hydroxylation sites is 2. The molecule has 0 unspecified atom stereocenters. The summed E-state index contributed by atoms with van der Waals surface area (Å²) in [5, 5.41) is 3.22. The minimum Gasteiger partial charge on any atom is -0.493 e. The summed E-state index contributed by atoms with van der Waals surface area (Å²) in [7, 11) is 1.52. The predicted octanol–water partition coefficient (Wildman–Crippen LogP) is 4.80. The van der Waals surface area contributed by atoms with Crippen LogP contribution in [0.3, 0.4) is 0 Å². The third kappa shape index (κ3) is 4.53. The monoisotopic (exact) mass is 450 g/mol. The van der Waals surface area contributed by atoms with Crippen molar-refractivity contribution in [2.75, 3.05) is 13.7 Å². The molecule has 0 atom stereocenters. The average molecular weight is 451 g/mol. The van der Waals surface area contributed by atoms with Crippen molar-refractivity contribution in [2.24, 2.45) is 0 Å². The molecule has 0 spiro atoms. The van der Waals surface area contributed by atoms with Gasteiger partial charge in [0.05, 0.1) is 29.8 Å². The number of hydrogen-bond acceptors (Lipinski definition) is 5. The van der Waals surface area contributed by atoms with Crippen molar-refractivity contribution >= 4 is 28.5 Å². The number of fused-ring (bicyclic) bond motifs is 1. The molecular weight excluding hydrogens is 428 g/mol. The first-order valence-corrected chi connectivity index (χ1v) is 10.6. The normalized spacial score (nSPS) is 10.8. The number of methoxy groups -OCH3 is 1. The van der Waals surface area contributed by atoms with E-state index in [1.54, 1.807) is 24.7 Å². The molecule has 0 aliphatic rings. The zero-order valence-electron chi connectivity index (χ0n) is 17.8. The Kier molecular flexibility index (Phi) is 6.56. The first-order chi connectivity index (χ1) is 15.6. The Labute approximate surface area is 191 Å². The van der Waals surface area contributed by atoms with Crippen LogP contribution >= 0.6 is 11.6 Å². The van der Waals surface area contributed by atoms with E-state index in [9.17, 15) is 4.79 Å². The zero-order valence-corrected chi connectivity index (χ0v) is 18.6. The fourth-order valence-electron chi connectivity index (χ4n) is 3.29. The van der Waals surface area contributed by atoms with Gasteiger partial charge in [-0.1, -0.05) is 36.7 Å². The summed E-state index contributed by atoms with van der Waals surface area (Å²) >= 11 is 6.32. The Morgan fingerprint density at radius 3 is 2.75 bits per heavy atom. The molecule has 164 valence electrons. The first kappa shape index (κ1) is 21.6. The number of aromatic nitrogens is 3. The molecule has 1 amide bonds. The van der Waals surface area contributed by atoms with Gasteiger partial charge in [0.2, 0.25) is 0 Å². The van der Waals surface area contributed by atoms with E-state index < -0.39 is 0 Å². The molecule has 32 heavy (non-hydrogen) atoms. The van der Waals surface area contributed by atoms with Crippen LogP contribution in [-0.2, 0) is 6.54 Å². The number of rotatable bonds is 8. The van der Waals surface area contributed by atoms with Gasteiger partial charge in [-0.3, -0.25) is 9.36 Å². The number of pyridine rings is 1. The molecule has 4 aromatic rings. The smallest absolute Gasteiger partial charge is 0.251 e. The lowest BCUT2D eigenvalue weighted by Crippen LogP contribution is -2.23. The van der Waals surface area contributed by atoms with Crippen LogP contribution in [0.4, 0.5) is 0 Å². The predicted molar refractivity (Wildman–Crippen MR) is 124 cm³/mol. The standard InChI is InChI=1S/C24H23ClN4O3/c1-3-10-32-23-18(25)11-17(12-21(23)31-2)24(30)27-14-16-8-9-22(26-13-16)29-15-28-19-6-4-5-7-20(19)29/h4-9,11-13,15H,3,10,14H2,1-2H3,(H,27,30). The number of benzene rings is 2. The van der Waals surface area contributed by atoms with Gasteiger partial charge in [0.25, 0.3) is 5.91 Å². The summed E-state index contributed by atoms with van der Waals surface area (Å²) in [4.78, 5) is 21.6. The Morgan fingerprint density at radius 1 is 1.16 bits per heavy atom. The molecule has 0 saturated carbocycles. The van der Waals surface area contributed by atoms with Crippen LogP contribution < -0.4 is 14.8 Å². The quantitative estimate of drug-likeness (QED) is 0.417. The molecule has 7 nitrogen and oxygen atoms in total. The number of carbonyl (C=O) groups excluding carboxylic acids is 1. The molecule has 2 aromatic carbocycles. The SMILES string of the molecule is CCCOc1c(Cl)cc(C(=O)NCc2ccc(-n3cnc4ccccc43)nc2)cc1OC. The molecule has 1 N–H and O–H groups in total. The van der Waals surface area contributed by atoms with Gasteiger partial charge >= 0.3 is 0 Å². The van der Waals surface area contributed by atoms with Crippen molar-refractivity contribution < 1.29 is 14.3 Å². The van der Waals surface area contributed by atoms with E-state index in [1.165, 1.54) is 7.11 Å². The highest BCUT2D eigenvalue weighted by Crippen LogP contribution is 2.36. The van der Waals surface area contributed by atoms with E-state index in [0.29, 0.717) is 35.2 Å². The summed E-state index contributed by atoms with van der Waals surface area (Å²) in [5.74, 6) is 1.36. The second kappa shape index (κ2) is 9.70. The Hall–Kier alpha value is -3.58. The van der Waals surface area contributed by atoms with Crippen molar-refractivity contribution in [1.82, 2.24) is 19.9 Å². The molecular formula is C24H23ClN4O3. The Balaban J connectivity index is 1.44. The van der Waals surface area contributed by atoms with Crippen LogP contribution in [0.1, 0.15) is 29.3 Å². The summed E-state index contributed by atoms with van der Waals surface area (Å²) in [6.07, 6.45) is 4.32. The summed E-state index contributed by atoms with van der Waals surface area (Å²) in [5.41, 5.74) is 3.15. The maximum absolute atomic E-state index is 12.7. The minimum absolute atomic E-state index is 0.267. The lowest BCUT2D eigenvalue weighted by atomic mass is 10.1. The van der Waals surface area contributed by atoms with Crippen LogP contribution in [-0.4, -0.2) is 34.2 Å². The largest absolute Gasteiger partial charge is 0.493 e. The van der Waals surface area contributed by atoms with Gasteiger partial charge in [-0.2, -0.15) is 0 Å². The molecule has 4 rings (SSSR count).